The van der Waals surface area contributed by atoms with Crippen LogP contribution in [-0.4, -0.2) is 30.1 Å². The highest BCUT2D eigenvalue weighted by atomic mass is 16.6. The third kappa shape index (κ3) is 2.55. The number of hydrogen-bond acceptors (Lipinski definition) is 3. The van der Waals surface area contributed by atoms with Crippen molar-refractivity contribution in [3.8, 4) is 0 Å². The maximum absolute atomic E-state index is 11.0. The molecule has 5 heteroatoms. The Hall–Kier alpha value is -1.62. The monoisotopic (exact) mass is 236 g/mol. The van der Waals surface area contributed by atoms with E-state index in [4.69, 9.17) is 0 Å². The SMILES string of the molecule is C[C@H]1CN(c2ccccc2[N+](=O)[O-])C[C@H](C)[NH2+]1. The second-order valence-corrected chi connectivity index (χ2v) is 4.80. The van der Waals surface area contributed by atoms with E-state index in [1.54, 1.807) is 12.1 Å². The van der Waals surface area contributed by atoms with Crippen molar-refractivity contribution in [2.45, 2.75) is 25.9 Å². The number of anilines is 1. The third-order valence-electron chi connectivity index (χ3n) is 3.09. The van der Waals surface area contributed by atoms with Gasteiger partial charge in [-0.25, -0.2) is 0 Å². The lowest BCUT2D eigenvalue weighted by Crippen LogP contribution is -2.99. The quantitative estimate of drug-likeness (QED) is 0.609. The summed E-state index contributed by atoms with van der Waals surface area (Å²) in [5.74, 6) is 0. The zero-order valence-electron chi connectivity index (χ0n) is 10.2. The van der Waals surface area contributed by atoms with Crippen molar-refractivity contribution in [1.29, 1.82) is 0 Å². The molecule has 0 unspecified atom stereocenters. The van der Waals surface area contributed by atoms with Gasteiger partial charge in [-0.3, -0.25) is 10.1 Å². The molecule has 1 fully saturated rings. The number of rotatable bonds is 2. The number of nitro groups is 1. The first-order valence-corrected chi connectivity index (χ1v) is 5.91. The average Bonchev–Trinajstić information content (AvgIpc) is 2.27. The summed E-state index contributed by atoms with van der Waals surface area (Å²) in [4.78, 5) is 12.8. The molecule has 0 aliphatic carbocycles. The van der Waals surface area contributed by atoms with Crippen LogP contribution in [0.2, 0.25) is 0 Å². The van der Waals surface area contributed by atoms with E-state index in [9.17, 15) is 10.1 Å². The Morgan fingerprint density at radius 2 is 1.88 bits per heavy atom. The Kier molecular flexibility index (Phi) is 3.28. The molecule has 1 aliphatic heterocycles. The number of hydrogen-bond donors (Lipinski definition) is 1. The van der Waals surface area contributed by atoms with Gasteiger partial charge in [0.05, 0.1) is 18.0 Å². The lowest BCUT2D eigenvalue weighted by Gasteiger charge is -2.34. The van der Waals surface area contributed by atoms with Gasteiger partial charge in [0.2, 0.25) is 0 Å². The number of nitro benzene ring substituents is 1. The molecule has 92 valence electrons. The number of para-hydroxylation sites is 2. The Labute approximate surface area is 101 Å². The topological polar surface area (TPSA) is 63.0 Å². The molecule has 1 heterocycles. The maximum atomic E-state index is 11.0. The summed E-state index contributed by atoms with van der Waals surface area (Å²) < 4.78 is 0. The number of benzene rings is 1. The van der Waals surface area contributed by atoms with Crippen molar-refractivity contribution in [2.75, 3.05) is 18.0 Å². The van der Waals surface area contributed by atoms with Gasteiger partial charge in [0.25, 0.3) is 5.69 Å². The van der Waals surface area contributed by atoms with Crippen molar-refractivity contribution in [3.63, 3.8) is 0 Å². The first-order chi connectivity index (χ1) is 8.08. The zero-order valence-corrected chi connectivity index (χ0v) is 10.2. The van der Waals surface area contributed by atoms with Crippen LogP contribution in [0.25, 0.3) is 0 Å². The molecule has 2 rings (SSSR count). The minimum Gasteiger partial charge on any atom is -0.354 e. The van der Waals surface area contributed by atoms with E-state index in [0.29, 0.717) is 12.1 Å². The third-order valence-corrected chi connectivity index (χ3v) is 3.09. The van der Waals surface area contributed by atoms with Gasteiger partial charge in [-0.2, -0.15) is 0 Å². The van der Waals surface area contributed by atoms with Crippen molar-refractivity contribution in [1.82, 2.24) is 0 Å². The van der Waals surface area contributed by atoms with Gasteiger partial charge in [-0.1, -0.05) is 12.1 Å². The van der Waals surface area contributed by atoms with Crippen LogP contribution in [-0.2, 0) is 0 Å². The van der Waals surface area contributed by atoms with Gasteiger partial charge in [0.1, 0.15) is 17.8 Å². The lowest BCUT2D eigenvalue weighted by molar-refractivity contribution is -0.716. The first-order valence-electron chi connectivity index (χ1n) is 5.91. The van der Waals surface area contributed by atoms with Gasteiger partial charge >= 0.3 is 0 Å². The molecule has 1 saturated heterocycles. The minimum absolute atomic E-state index is 0.203. The van der Waals surface area contributed by atoms with Crippen LogP contribution in [0.3, 0.4) is 0 Å². The summed E-state index contributed by atoms with van der Waals surface area (Å²) in [5, 5.41) is 13.3. The van der Waals surface area contributed by atoms with E-state index >= 15 is 0 Å². The standard InChI is InChI=1S/C12H17N3O2/c1-9-7-14(8-10(2)13-9)11-5-3-4-6-12(11)15(16)17/h3-6,9-10,13H,7-8H2,1-2H3/p+1/t9-,10-/m0/s1. The highest BCUT2D eigenvalue weighted by molar-refractivity contribution is 5.63. The molecular formula is C12H18N3O2+. The van der Waals surface area contributed by atoms with E-state index in [2.05, 4.69) is 24.1 Å². The number of nitrogens with zero attached hydrogens (tertiary/aromatic N) is 2. The summed E-state index contributed by atoms with van der Waals surface area (Å²) in [5.41, 5.74) is 0.943. The molecule has 0 bridgehead atoms. The number of piperazine rings is 1. The van der Waals surface area contributed by atoms with E-state index in [0.717, 1.165) is 18.8 Å². The van der Waals surface area contributed by atoms with E-state index in [-0.39, 0.29) is 10.6 Å². The molecule has 1 aliphatic rings. The summed E-state index contributed by atoms with van der Waals surface area (Å²) in [7, 11) is 0. The lowest BCUT2D eigenvalue weighted by atomic mass is 10.1. The molecule has 0 saturated carbocycles. The van der Waals surface area contributed by atoms with Crippen LogP contribution in [0, 0.1) is 10.1 Å². The van der Waals surface area contributed by atoms with Crippen LogP contribution < -0.4 is 10.2 Å². The van der Waals surface area contributed by atoms with Crippen molar-refractivity contribution in [2.24, 2.45) is 0 Å². The van der Waals surface area contributed by atoms with Gasteiger partial charge in [-0.15, -0.1) is 0 Å². The highest BCUT2D eigenvalue weighted by Crippen LogP contribution is 2.28. The fraction of sp³-hybridized carbons (Fsp3) is 0.500. The Balaban J connectivity index is 2.30. The minimum atomic E-state index is -0.303. The molecule has 0 radical (unpaired) electrons. The van der Waals surface area contributed by atoms with Gasteiger partial charge in [0, 0.05) is 6.07 Å². The molecular weight excluding hydrogens is 218 g/mol. The van der Waals surface area contributed by atoms with Gasteiger partial charge in [0.15, 0.2) is 0 Å². The highest BCUT2D eigenvalue weighted by Gasteiger charge is 2.28. The smallest absolute Gasteiger partial charge is 0.292 e. The fourth-order valence-electron chi connectivity index (χ4n) is 2.53. The van der Waals surface area contributed by atoms with Crippen LogP contribution >= 0.6 is 0 Å². The van der Waals surface area contributed by atoms with Gasteiger partial charge < -0.3 is 10.2 Å². The Morgan fingerprint density at radius 3 is 2.47 bits per heavy atom. The summed E-state index contributed by atoms with van der Waals surface area (Å²) >= 11 is 0. The summed E-state index contributed by atoms with van der Waals surface area (Å²) in [6.07, 6.45) is 0. The molecule has 0 aromatic heterocycles. The average molecular weight is 236 g/mol. The van der Waals surface area contributed by atoms with E-state index in [1.807, 2.05) is 12.1 Å². The molecule has 2 N–H and O–H groups in total. The van der Waals surface area contributed by atoms with Crippen LogP contribution in [0.5, 0.6) is 0 Å². The molecule has 1 aromatic carbocycles. The first kappa shape index (κ1) is 11.9. The van der Waals surface area contributed by atoms with Crippen LogP contribution in [0.15, 0.2) is 24.3 Å². The molecule has 5 nitrogen and oxygen atoms in total. The summed E-state index contributed by atoms with van der Waals surface area (Å²) in [6.45, 7) is 6.01. The Morgan fingerprint density at radius 1 is 1.29 bits per heavy atom. The predicted octanol–water partition coefficient (Wildman–Crippen LogP) is 0.755. The van der Waals surface area contributed by atoms with E-state index < -0.39 is 0 Å². The zero-order chi connectivity index (χ0) is 12.4. The summed E-state index contributed by atoms with van der Waals surface area (Å²) in [6, 6.07) is 7.92. The molecule has 2 atom stereocenters. The van der Waals surface area contributed by atoms with Crippen LogP contribution in [0.1, 0.15) is 13.8 Å². The second kappa shape index (κ2) is 4.71. The largest absolute Gasteiger partial charge is 0.354 e. The number of nitrogens with two attached hydrogens (primary N) is 1. The Bertz CT molecular complexity index is 412. The number of quaternary nitrogens is 1. The predicted molar refractivity (Wildman–Crippen MR) is 66.2 cm³/mol. The van der Waals surface area contributed by atoms with Gasteiger partial charge in [-0.05, 0) is 19.9 Å². The van der Waals surface area contributed by atoms with Crippen molar-refractivity contribution >= 4 is 11.4 Å². The van der Waals surface area contributed by atoms with E-state index in [1.165, 1.54) is 0 Å². The molecule has 1 aromatic rings. The second-order valence-electron chi connectivity index (χ2n) is 4.80. The fourth-order valence-corrected chi connectivity index (χ4v) is 2.53. The molecule has 0 spiro atoms. The molecule has 0 amide bonds. The maximum Gasteiger partial charge on any atom is 0.292 e. The normalized spacial score (nSPS) is 24.7. The molecule has 17 heavy (non-hydrogen) atoms. The van der Waals surface area contributed by atoms with Crippen molar-refractivity contribution < 1.29 is 10.2 Å². The van der Waals surface area contributed by atoms with Crippen molar-refractivity contribution in [3.05, 3.63) is 34.4 Å². The van der Waals surface area contributed by atoms with Crippen LogP contribution in [0.4, 0.5) is 11.4 Å².